The van der Waals surface area contributed by atoms with Gasteiger partial charge in [0.2, 0.25) is 0 Å². The first-order chi connectivity index (χ1) is 9.10. The minimum Gasteiger partial charge on any atom is -0.316 e. The summed E-state index contributed by atoms with van der Waals surface area (Å²) >= 11 is 4.74. The number of rotatable bonds is 4. The monoisotopic (exact) mass is 343 g/mol. The highest BCUT2D eigenvalue weighted by molar-refractivity contribution is 9.10. The lowest BCUT2D eigenvalue weighted by molar-refractivity contribution is 0.565. The molecule has 0 bridgehead atoms. The molecule has 0 aliphatic heterocycles. The molecule has 0 unspecified atom stereocenters. The summed E-state index contributed by atoms with van der Waals surface area (Å²) in [5.41, 5.74) is 1.14. The lowest BCUT2D eigenvalue weighted by Crippen LogP contribution is -2.04. The quantitative estimate of drug-likeness (QED) is 0.870. The number of nitrogens with one attached hydrogen (secondary N) is 1. The van der Waals surface area contributed by atoms with Crippen LogP contribution in [0.15, 0.2) is 50.7 Å². The van der Waals surface area contributed by atoms with Crippen LogP contribution < -0.4 is 5.32 Å². The van der Waals surface area contributed by atoms with Gasteiger partial charge in [0.05, 0.1) is 0 Å². The van der Waals surface area contributed by atoms with E-state index in [2.05, 4.69) is 21.2 Å². The van der Waals surface area contributed by atoms with Crippen LogP contribution in [0.3, 0.4) is 0 Å². The van der Waals surface area contributed by atoms with Crippen LogP contribution in [0.5, 0.6) is 0 Å². The summed E-state index contributed by atoms with van der Waals surface area (Å²) in [4.78, 5) is 1.30. The smallest absolute Gasteiger partial charge is 0.140 e. The third-order valence-corrected chi connectivity index (χ3v) is 4.54. The molecule has 5 heteroatoms. The topological polar surface area (TPSA) is 12.0 Å². The minimum absolute atomic E-state index is 0.406. The Kier molecular flexibility index (Phi) is 4.96. The van der Waals surface area contributed by atoms with Crippen molar-refractivity contribution in [3.05, 3.63) is 58.1 Å². The van der Waals surface area contributed by atoms with Crippen molar-refractivity contribution in [3.8, 4) is 0 Å². The molecule has 2 rings (SSSR count). The van der Waals surface area contributed by atoms with E-state index in [-0.39, 0.29) is 0 Å². The minimum atomic E-state index is -0.565. The van der Waals surface area contributed by atoms with Crippen molar-refractivity contribution in [1.29, 1.82) is 0 Å². The van der Waals surface area contributed by atoms with Crippen LogP contribution in [0, 0.1) is 11.6 Å². The molecule has 0 amide bonds. The van der Waals surface area contributed by atoms with Gasteiger partial charge in [-0.25, -0.2) is 8.78 Å². The molecule has 2 aromatic rings. The predicted octanol–water partition coefficient (Wildman–Crippen LogP) is 4.60. The Morgan fingerprint density at radius 3 is 2.47 bits per heavy atom. The molecule has 0 spiro atoms. The van der Waals surface area contributed by atoms with E-state index in [4.69, 9.17) is 0 Å². The Hall–Kier alpha value is -0.910. The Labute approximate surface area is 123 Å². The molecule has 0 atom stereocenters. The van der Waals surface area contributed by atoms with Crippen LogP contribution in [0.2, 0.25) is 0 Å². The number of benzene rings is 2. The van der Waals surface area contributed by atoms with E-state index in [0.717, 1.165) is 27.5 Å². The van der Waals surface area contributed by atoms with E-state index in [9.17, 15) is 8.78 Å². The van der Waals surface area contributed by atoms with E-state index < -0.39 is 11.6 Å². The van der Waals surface area contributed by atoms with Crippen molar-refractivity contribution in [2.45, 2.75) is 16.3 Å². The summed E-state index contributed by atoms with van der Waals surface area (Å²) in [5, 5.41) is 3.07. The first-order valence-electron chi connectivity index (χ1n) is 5.66. The molecule has 19 heavy (non-hydrogen) atoms. The zero-order valence-corrected chi connectivity index (χ0v) is 12.6. The van der Waals surface area contributed by atoms with Gasteiger partial charge in [-0.15, -0.1) is 0 Å². The first kappa shape index (κ1) is 14.5. The number of halogens is 3. The van der Waals surface area contributed by atoms with E-state index in [1.165, 1.54) is 23.9 Å². The van der Waals surface area contributed by atoms with E-state index >= 15 is 0 Å². The molecule has 2 aromatic carbocycles. The number of hydrogen-bond acceptors (Lipinski definition) is 2. The van der Waals surface area contributed by atoms with Crippen molar-refractivity contribution >= 4 is 27.7 Å². The fourth-order valence-corrected chi connectivity index (χ4v) is 3.11. The zero-order valence-electron chi connectivity index (χ0n) is 10.2. The van der Waals surface area contributed by atoms with Crippen LogP contribution in [0.25, 0.3) is 0 Å². The maximum Gasteiger partial charge on any atom is 0.140 e. The maximum atomic E-state index is 13.6. The Morgan fingerprint density at radius 1 is 1.11 bits per heavy atom. The molecule has 0 fully saturated rings. The SMILES string of the molecule is CNCc1ccc(Sc2ccc(F)cc2F)c(Br)c1. The van der Waals surface area contributed by atoms with Crippen molar-refractivity contribution in [1.82, 2.24) is 5.32 Å². The van der Waals surface area contributed by atoms with Crippen LogP contribution in [0.1, 0.15) is 5.56 Å². The highest BCUT2D eigenvalue weighted by atomic mass is 79.9. The molecule has 0 heterocycles. The van der Waals surface area contributed by atoms with Gasteiger partial charge < -0.3 is 5.32 Å². The lowest BCUT2D eigenvalue weighted by atomic mass is 10.2. The Morgan fingerprint density at radius 2 is 1.84 bits per heavy atom. The molecular weight excluding hydrogens is 332 g/mol. The van der Waals surface area contributed by atoms with Crippen LogP contribution in [-0.2, 0) is 6.54 Å². The summed E-state index contributed by atoms with van der Waals surface area (Å²) < 4.78 is 27.3. The molecule has 100 valence electrons. The summed E-state index contributed by atoms with van der Waals surface area (Å²) in [6.07, 6.45) is 0. The summed E-state index contributed by atoms with van der Waals surface area (Å²) in [6, 6.07) is 9.49. The van der Waals surface area contributed by atoms with Gasteiger partial charge in [0.15, 0.2) is 0 Å². The van der Waals surface area contributed by atoms with Gasteiger partial charge in [-0.2, -0.15) is 0 Å². The predicted molar refractivity (Wildman–Crippen MR) is 77.4 cm³/mol. The van der Waals surface area contributed by atoms with Gasteiger partial charge in [-0.3, -0.25) is 0 Å². The van der Waals surface area contributed by atoms with Gasteiger partial charge in [0.1, 0.15) is 11.6 Å². The lowest BCUT2D eigenvalue weighted by Gasteiger charge is -2.08. The molecule has 0 aliphatic rings. The molecule has 0 saturated heterocycles. The third-order valence-electron chi connectivity index (χ3n) is 2.49. The summed E-state index contributed by atoms with van der Waals surface area (Å²) in [7, 11) is 1.88. The maximum absolute atomic E-state index is 13.6. The van der Waals surface area contributed by atoms with Crippen LogP contribution in [-0.4, -0.2) is 7.05 Å². The fraction of sp³-hybridized carbons (Fsp3) is 0.143. The van der Waals surface area contributed by atoms with Crippen molar-refractivity contribution in [2.24, 2.45) is 0 Å². The van der Waals surface area contributed by atoms with E-state index in [0.29, 0.717) is 4.90 Å². The molecule has 1 N–H and O–H groups in total. The Balaban J connectivity index is 2.23. The van der Waals surface area contributed by atoms with Crippen molar-refractivity contribution < 1.29 is 8.78 Å². The summed E-state index contributed by atoms with van der Waals surface area (Å²) in [6.45, 7) is 0.772. The van der Waals surface area contributed by atoms with Gasteiger partial charge in [-0.1, -0.05) is 17.8 Å². The third kappa shape index (κ3) is 3.78. The molecule has 0 aliphatic carbocycles. The Bertz CT molecular complexity index is 590. The molecule has 0 radical (unpaired) electrons. The van der Waals surface area contributed by atoms with Crippen molar-refractivity contribution in [3.63, 3.8) is 0 Å². The summed E-state index contributed by atoms with van der Waals surface area (Å²) in [5.74, 6) is -1.11. The largest absolute Gasteiger partial charge is 0.316 e. The van der Waals surface area contributed by atoms with Gasteiger partial charge >= 0.3 is 0 Å². The second kappa shape index (κ2) is 6.50. The van der Waals surface area contributed by atoms with Gasteiger partial charge in [0.25, 0.3) is 0 Å². The highest BCUT2D eigenvalue weighted by Gasteiger charge is 2.08. The van der Waals surface area contributed by atoms with Crippen LogP contribution in [0.4, 0.5) is 8.78 Å². The second-order valence-corrected chi connectivity index (χ2v) is 5.91. The van der Waals surface area contributed by atoms with E-state index in [1.54, 1.807) is 0 Å². The highest BCUT2D eigenvalue weighted by Crippen LogP contribution is 2.35. The van der Waals surface area contributed by atoms with Gasteiger partial charge in [-0.05, 0) is 52.8 Å². The first-order valence-corrected chi connectivity index (χ1v) is 7.27. The second-order valence-electron chi connectivity index (χ2n) is 3.97. The molecule has 1 nitrogen and oxygen atoms in total. The molecule has 0 aromatic heterocycles. The standard InChI is InChI=1S/C14H12BrF2NS/c1-18-8-9-2-4-13(11(15)6-9)19-14-5-3-10(16)7-12(14)17/h2-7,18H,8H2,1H3. The fourth-order valence-electron chi connectivity index (χ4n) is 1.62. The average Bonchev–Trinajstić information content (AvgIpc) is 2.36. The molecular formula is C14H12BrF2NS. The van der Waals surface area contributed by atoms with Crippen molar-refractivity contribution in [2.75, 3.05) is 7.05 Å². The van der Waals surface area contributed by atoms with E-state index in [1.807, 2.05) is 25.2 Å². The average molecular weight is 344 g/mol. The molecule has 0 saturated carbocycles. The van der Waals surface area contributed by atoms with Crippen LogP contribution >= 0.6 is 27.7 Å². The number of hydrogen-bond donors (Lipinski definition) is 1. The van der Waals surface area contributed by atoms with Gasteiger partial charge in [0, 0.05) is 26.9 Å². The normalized spacial score (nSPS) is 10.7. The zero-order chi connectivity index (χ0) is 13.8.